The highest BCUT2D eigenvalue weighted by Crippen LogP contribution is 2.13. The van der Waals surface area contributed by atoms with Crippen molar-refractivity contribution in [3.05, 3.63) is 66.2 Å². The molecule has 0 heterocycles. The van der Waals surface area contributed by atoms with Crippen LogP contribution in [0.3, 0.4) is 0 Å². The zero-order valence-electron chi connectivity index (χ0n) is 14.8. The maximum Gasteiger partial charge on any atom is 0.0366 e. The molecule has 0 radical (unpaired) electrons. The highest BCUT2D eigenvalue weighted by molar-refractivity contribution is 7.98. The van der Waals surface area contributed by atoms with Crippen LogP contribution in [0.15, 0.2) is 60.7 Å². The van der Waals surface area contributed by atoms with E-state index in [9.17, 15) is 0 Å². The van der Waals surface area contributed by atoms with Gasteiger partial charge in [0, 0.05) is 43.4 Å². The number of nitrogens with zero attached hydrogens (tertiary/aromatic N) is 1. The van der Waals surface area contributed by atoms with Gasteiger partial charge >= 0.3 is 0 Å². The Kier molecular flexibility index (Phi) is 9.43. The molecule has 1 N–H and O–H groups in total. The number of unbranched alkanes of at least 4 members (excludes halogenated alkanes) is 1. The Morgan fingerprint density at radius 3 is 2.29 bits per heavy atom. The van der Waals surface area contributed by atoms with Gasteiger partial charge in [-0.2, -0.15) is 11.8 Å². The molecule has 0 saturated carbocycles. The fourth-order valence-corrected chi connectivity index (χ4v) is 3.47. The van der Waals surface area contributed by atoms with Crippen molar-refractivity contribution >= 4 is 17.4 Å². The first-order chi connectivity index (χ1) is 11.9. The Bertz CT molecular complexity index is 530. The largest absolute Gasteiger partial charge is 0.370 e. The van der Waals surface area contributed by atoms with Crippen LogP contribution in [0.25, 0.3) is 0 Å². The van der Waals surface area contributed by atoms with Crippen LogP contribution in [0.4, 0.5) is 5.69 Å². The molecule has 0 bridgehead atoms. The Morgan fingerprint density at radius 1 is 0.875 bits per heavy atom. The summed E-state index contributed by atoms with van der Waals surface area (Å²) in [6, 6.07) is 21.5. The van der Waals surface area contributed by atoms with Crippen LogP contribution in [0, 0.1) is 0 Å². The molecule has 0 aliphatic heterocycles. The van der Waals surface area contributed by atoms with Crippen molar-refractivity contribution in [1.82, 2.24) is 5.32 Å². The number of benzene rings is 2. The lowest BCUT2D eigenvalue weighted by molar-refractivity contribution is 0.660. The summed E-state index contributed by atoms with van der Waals surface area (Å²) in [7, 11) is 0. The van der Waals surface area contributed by atoms with E-state index in [1.807, 2.05) is 11.8 Å². The highest BCUT2D eigenvalue weighted by atomic mass is 32.2. The number of nitrogens with one attached hydrogen (secondary N) is 1. The van der Waals surface area contributed by atoms with Gasteiger partial charge in [0.15, 0.2) is 0 Å². The first-order valence-corrected chi connectivity index (χ1v) is 10.2. The van der Waals surface area contributed by atoms with Crippen molar-refractivity contribution in [3.8, 4) is 0 Å². The smallest absolute Gasteiger partial charge is 0.0366 e. The van der Waals surface area contributed by atoms with E-state index in [4.69, 9.17) is 0 Å². The van der Waals surface area contributed by atoms with Crippen molar-refractivity contribution in [2.24, 2.45) is 0 Å². The van der Waals surface area contributed by atoms with E-state index >= 15 is 0 Å². The monoisotopic (exact) mass is 342 g/mol. The highest BCUT2D eigenvalue weighted by Gasteiger charge is 2.04. The maximum absolute atomic E-state index is 3.59. The van der Waals surface area contributed by atoms with E-state index in [-0.39, 0.29) is 0 Å². The molecule has 2 nitrogen and oxygen atoms in total. The molecule has 130 valence electrons. The number of para-hydroxylation sites is 1. The van der Waals surface area contributed by atoms with E-state index in [0.29, 0.717) is 0 Å². The molecule has 0 aliphatic rings. The fraction of sp³-hybridized carbons (Fsp3) is 0.429. The summed E-state index contributed by atoms with van der Waals surface area (Å²) in [5, 5.41) is 3.59. The summed E-state index contributed by atoms with van der Waals surface area (Å²) < 4.78 is 0. The minimum atomic E-state index is 1.05. The van der Waals surface area contributed by atoms with Gasteiger partial charge in [0.05, 0.1) is 0 Å². The predicted molar refractivity (Wildman–Crippen MR) is 109 cm³/mol. The summed E-state index contributed by atoms with van der Waals surface area (Å²) in [5.41, 5.74) is 2.75. The molecule has 3 heteroatoms. The molecule has 0 unspecified atom stereocenters. The molecule has 0 aliphatic carbocycles. The lowest BCUT2D eigenvalue weighted by Gasteiger charge is -2.25. The Labute approximate surface area is 151 Å². The lowest BCUT2D eigenvalue weighted by Crippen LogP contribution is -2.33. The predicted octanol–water partition coefficient (Wildman–Crippen LogP) is 4.82. The standard InChI is InChI=1S/C21H30N2S/c1-2-3-16-23(21-12-8-5-9-13-21)17-14-22-15-18-24-19-20-10-6-4-7-11-20/h4-13,22H,2-3,14-19H2,1H3. The maximum atomic E-state index is 3.59. The number of hydrogen-bond donors (Lipinski definition) is 1. The van der Waals surface area contributed by atoms with Crippen LogP contribution in [0.2, 0.25) is 0 Å². The van der Waals surface area contributed by atoms with Gasteiger partial charge in [-0.3, -0.25) is 0 Å². The molecule has 2 aromatic rings. The fourth-order valence-electron chi connectivity index (χ4n) is 2.61. The number of rotatable bonds is 12. The van der Waals surface area contributed by atoms with E-state index < -0.39 is 0 Å². The number of anilines is 1. The van der Waals surface area contributed by atoms with Crippen molar-refractivity contribution in [2.75, 3.05) is 36.8 Å². The summed E-state index contributed by atoms with van der Waals surface area (Å²) in [6.07, 6.45) is 2.49. The van der Waals surface area contributed by atoms with Gasteiger partial charge in [-0.05, 0) is 24.1 Å². The molecule has 0 saturated heterocycles. The van der Waals surface area contributed by atoms with Gasteiger partial charge in [-0.15, -0.1) is 0 Å². The van der Waals surface area contributed by atoms with Crippen molar-refractivity contribution in [3.63, 3.8) is 0 Å². The number of hydrogen-bond acceptors (Lipinski definition) is 3. The zero-order valence-corrected chi connectivity index (χ0v) is 15.6. The normalized spacial score (nSPS) is 10.7. The zero-order chi connectivity index (χ0) is 16.9. The molecule has 0 amide bonds. The van der Waals surface area contributed by atoms with Crippen LogP contribution >= 0.6 is 11.8 Å². The molecule has 0 aromatic heterocycles. The minimum absolute atomic E-state index is 1.05. The van der Waals surface area contributed by atoms with E-state index in [1.165, 1.54) is 24.1 Å². The van der Waals surface area contributed by atoms with Crippen molar-refractivity contribution < 1.29 is 0 Å². The second-order valence-electron chi connectivity index (χ2n) is 5.96. The Morgan fingerprint density at radius 2 is 1.58 bits per heavy atom. The third-order valence-electron chi connectivity index (χ3n) is 4.00. The van der Waals surface area contributed by atoms with Crippen LogP contribution in [-0.4, -0.2) is 31.9 Å². The van der Waals surface area contributed by atoms with Gasteiger partial charge in [-0.25, -0.2) is 0 Å². The van der Waals surface area contributed by atoms with Crippen LogP contribution in [0.1, 0.15) is 25.3 Å². The summed E-state index contributed by atoms with van der Waals surface area (Å²) in [5.74, 6) is 2.27. The van der Waals surface area contributed by atoms with Crippen LogP contribution in [0.5, 0.6) is 0 Å². The summed E-state index contributed by atoms with van der Waals surface area (Å²) in [6.45, 7) is 6.60. The quantitative estimate of drug-likeness (QED) is 0.557. The first kappa shape index (κ1) is 18.9. The van der Waals surface area contributed by atoms with Gasteiger partial charge in [-0.1, -0.05) is 61.9 Å². The minimum Gasteiger partial charge on any atom is -0.370 e. The van der Waals surface area contributed by atoms with Crippen molar-refractivity contribution in [2.45, 2.75) is 25.5 Å². The van der Waals surface area contributed by atoms with E-state index in [0.717, 1.165) is 37.7 Å². The van der Waals surface area contributed by atoms with Gasteiger partial charge in [0.2, 0.25) is 0 Å². The van der Waals surface area contributed by atoms with Crippen LogP contribution < -0.4 is 10.2 Å². The molecule has 2 aromatic carbocycles. The lowest BCUT2D eigenvalue weighted by atomic mass is 10.2. The average Bonchev–Trinajstić information content (AvgIpc) is 2.65. The topological polar surface area (TPSA) is 15.3 Å². The second-order valence-corrected chi connectivity index (χ2v) is 7.07. The molecule has 0 fully saturated rings. The molecule has 0 spiro atoms. The van der Waals surface area contributed by atoms with Gasteiger partial charge in [0.25, 0.3) is 0 Å². The van der Waals surface area contributed by atoms with Gasteiger partial charge < -0.3 is 10.2 Å². The molecule has 2 rings (SSSR count). The third kappa shape index (κ3) is 7.41. The molecule has 0 atom stereocenters. The Balaban J connectivity index is 1.60. The van der Waals surface area contributed by atoms with E-state index in [2.05, 4.69) is 77.8 Å². The first-order valence-electron chi connectivity index (χ1n) is 9.02. The SMILES string of the molecule is CCCCN(CCNCCSCc1ccccc1)c1ccccc1. The van der Waals surface area contributed by atoms with E-state index in [1.54, 1.807) is 0 Å². The second kappa shape index (κ2) is 12.0. The van der Waals surface area contributed by atoms with Gasteiger partial charge in [0.1, 0.15) is 0 Å². The molecular weight excluding hydrogens is 312 g/mol. The third-order valence-corrected chi connectivity index (χ3v) is 5.03. The summed E-state index contributed by atoms with van der Waals surface area (Å²) in [4.78, 5) is 2.49. The average molecular weight is 343 g/mol. The summed E-state index contributed by atoms with van der Waals surface area (Å²) >= 11 is 2.00. The Hall–Kier alpha value is -1.45. The van der Waals surface area contributed by atoms with Crippen molar-refractivity contribution in [1.29, 1.82) is 0 Å². The number of thioether (sulfide) groups is 1. The molecular formula is C21H30N2S. The van der Waals surface area contributed by atoms with Crippen LogP contribution in [-0.2, 0) is 5.75 Å². The molecule has 24 heavy (non-hydrogen) atoms.